The molecule has 2 atom stereocenters. The molecule has 0 amide bonds. The fourth-order valence-corrected chi connectivity index (χ4v) is 45.8. The number of rotatable bonds is 13. The molecule has 4 aliphatic rings. The van der Waals surface area contributed by atoms with Crippen molar-refractivity contribution >= 4 is 56.6 Å². The molecule has 343 valence electrons. The normalized spacial score (nSPS) is 21.1. The Morgan fingerprint density at radius 2 is 0.879 bits per heavy atom. The van der Waals surface area contributed by atoms with Gasteiger partial charge < -0.3 is 0 Å². The first kappa shape index (κ1) is 46.7. The Morgan fingerprint density at radius 3 is 1.26 bits per heavy atom. The first-order valence-corrected chi connectivity index (χ1v) is 42.6. The summed E-state index contributed by atoms with van der Waals surface area (Å²) in [7, 11) is 18.9. The summed E-state index contributed by atoms with van der Waals surface area (Å²) in [5.74, 6) is -1.81. The molecule has 2 unspecified atom stereocenters. The minimum absolute atomic E-state index is 0.0776. The van der Waals surface area contributed by atoms with Gasteiger partial charge in [0.1, 0.15) is 0 Å². The van der Waals surface area contributed by atoms with E-state index >= 15 is 0 Å². The van der Waals surface area contributed by atoms with Crippen LogP contribution >= 0.6 is 17.0 Å². The zero-order valence-electron chi connectivity index (χ0n) is 40.4. The Balaban J connectivity index is 1.20. The summed E-state index contributed by atoms with van der Waals surface area (Å²) in [6.07, 6.45) is 28.7. The van der Waals surface area contributed by atoms with Gasteiger partial charge in [0.25, 0.3) is 0 Å². The van der Waals surface area contributed by atoms with Crippen LogP contribution in [0.3, 0.4) is 0 Å². The predicted octanol–water partition coefficient (Wildman–Crippen LogP) is 19.9. The van der Waals surface area contributed by atoms with Gasteiger partial charge in [0.05, 0.1) is 0 Å². The third-order valence-corrected chi connectivity index (χ3v) is 69.5. The summed E-state index contributed by atoms with van der Waals surface area (Å²) in [4.78, 5) is 0. The van der Waals surface area contributed by atoms with E-state index in [9.17, 15) is 17.0 Å². The van der Waals surface area contributed by atoms with E-state index in [4.69, 9.17) is 0 Å². The summed E-state index contributed by atoms with van der Waals surface area (Å²) < 4.78 is 0.155. The molecule has 66 heavy (non-hydrogen) atoms. The van der Waals surface area contributed by atoms with Crippen molar-refractivity contribution in [1.82, 2.24) is 0 Å². The van der Waals surface area contributed by atoms with Gasteiger partial charge in [-0.15, -0.1) is 0 Å². The number of fused-ring (bicyclic) bond motifs is 4. The molecule has 0 spiro atoms. The van der Waals surface area contributed by atoms with Crippen molar-refractivity contribution in [3.05, 3.63) is 155 Å². The van der Waals surface area contributed by atoms with E-state index in [1.165, 1.54) is 169 Å². The quantitative estimate of drug-likeness (QED) is 0.0799. The van der Waals surface area contributed by atoms with Gasteiger partial charge >= 0.3 is 410 Å². The predicted molar refractivity (Wildman–Crippen MR) is 290 cm³/mol. The topological polar surface area (TPSA) is 0 Å². The van der Waals surface area contributed by atoms with Crippen molar-refractivity contribution in [2.75, 3.05) is 0 Å². The second-order valence-electron chi connectivity index (χ2n) is 22.1. The number of hydrogen-bond acceptors (Lipinski definition) is 0. The summed E-state index contributed by atoms with van der Waals surface area (Å²) in [6.45, 7) is 10.0. The van der Waals surface area contributed by atoms with E-state index in [0.29, 0.717) is 0 Å². The van der Waals surface area contributed by atoms with Gasteiger partial charge in [-0.2, -0.15) is 0 Å². The number of allylic oxidation sites excluding steroid dienone is 2. The van der Waals surface area contributed by atoms with E-state index in [1.54, 1.807) is 11.1 Å². The first-order chi connectivity index (χ1) is 32.0. The molecule has 0 radical (unpaired) electrons. The Labute approximate surface area is 406 Å². The Bertz CT molecular complexity index is 2610. The van der Waals surface area contributed by atoms with Gasteiger partial charge in [-0.05, 0) is 0 Å². The van der Waals surface area contributed by atoms with Crippen LogP contribution in [0.4, 0.5) is 0 Å². The fraction of sp³-hybridized carbons (Fsp3) is 0.419. The molecule has 6 aromatic rings. The van der Waals surface area contributed by atoms with Crippen molar-refractivity contribution < 1.29 is 15.6 Å². The molecule has 0 nitrogen and oxygen atoms in total. The van der Waals surface area contributed by atoms with Gasteiger partial charge in [-0.1, -0.05) is 0 Å². The van der Waals surface area contributed by atoms with E-state index < -0.39 is 21.5 Å². The van der Waals surface area contributed by atoms with E-state index in [0.717, 1.165) is 12.8 Å². The Kier molecular flexibility index (Phi) is 13.5. The van der Waals surface area contributed by atoms with Crippen molar-refractivity contribution in [3.8, 4) is 22.3 Å². The van der Waals surface area contributed by atoms with Crippen LogP contribution in [0.25, 0.3) is 56.0 Å². The first-order valence-electron chi connectivity index (χ1n) is 26.3. The molecule has 2 fully saturated rings. The molecule has 0 heterocycles. The zero-order chi connectivity index (χ0) is 45.5. The molecule has 0 saturated heterocycles. The third kappa shape index (κ3) is 8.47. The van der Waals surface area contributed by atoms with Crippen LogP contribution in [0, 0.1) is 10.8 Å². The van der Waals surface area contributed by atoms with Crippen molar-refractivity contribution in [2.24, 2.45) is 10.8 Å². The van der Waals surface area contributed by atoms with Gasteiger partial charge in [0.2, 0.25) is 0 Å². The average Bonchev–Trinajstić information content (AvgIpc) is 3.69. The monoisotopic (exact) mass is 1010 g/mol. The summed E-state index contributed by atoms with van der Waals surface area (Å²) in [5.41, 5.74) is 14.7. The minimum atomic E-state index is -5.22. The van der Waals surface area contributed by atoms with Crippen molar-refractivity contribution in [1.29, 1.82) is 0 Å². The molecule has 0 aliphatic heterocycles. The fourth-order valence-electron chi connectivity index (χ4n) is 14.5. The van der Waals surface area contributed by atoms with Crippen LogP contribution in [0.15, 0.2) is 132 Å². The molecule has 4 aliphatic carbocycles. The molecule has 2 saturated carbocycles. The molecule has 0 bridgehead atoms. The molecule has 4 heteroatoms. The third-order valence-electron chi connectivity index (χ3n) is 17.7. The van der Waals surface area contributed by atoms with Crippen molar-refractivity contribution in [3.63, 3.8) is 0 Å². The summed E-state index contributed by atoms with van der Waals surface area (Å²) >= 11 is -5.22. The van der Waals surface area contributed by atoms with Crippen LogP contribution in [0.5, 0.6) is 0 Å². The van der Waals surface area contributed by atoms with Gasteiger partial charge in [0, 0.05) is 0 Å². The van der Waals surface area contributed by atoms with Crippen LogP contribution in [-0.4, -0.2) is 5.92 Å². The van der Waals surface area contributed by atoms with E-state index in [1.807, 2.05) is 0 Å². The second-order valence-corrected chi connectivity index (χ2v) is 64.6. The van der Waals surface area contributed by atoms with Crippen molar-refractivity contribution in [2.45, 2.75) is 150 Å². The molecule has 0 aromatic heterocycles. The number of halogens is 2. The molecular weight excluding hydrogens is 935 g/mol. The van der Waals surface area contributed by atoms with Crippen LogP contribution in [-0.2, 0) is 15.6 Å². The van der Waals surface area contributed by atoms with E-state index in [2.05, 4.69) is 160 Å². The zero-order valence-corrected chi connectivity index (χ0v) is 45.5. The SMILES string of the molecule is CCCC1(CC2=Cc3c(-c4ccc5ccccc5c4)cccc3[CH]2[Zr]([Cl])([Cl])([CH]2C(CC3(CCC)CCCCCC3)=Cc3c(-c4ccc5ccccc5c4)cccc32)[SiH](C)C)CCCCCC1. The Morgan fingerprint density at radius 1 is 0.485 bits per heavy atom. The van der Waals surface area contributed by atoms with Crippen LogP contribution in [0.1, 0.15) is 159 Å². The standard InChI is InChI=1S/2C30H33.C2H7Si.2ClH.Zr/c2*1-2-16-30(17-7-3-4-8-18-30)22-23-19-26-12-9-13-28(29(26)20-23)27-15-14-24-10-5-6-11-25(24)21-27;1-3-2;;;/h2*5-6,9-15,19-21H,2-4,7-8,16-18,22H2,1H3;3H,1-2H3;2*1H;/q;;;;;+2/p-2. The van der Waals surface area contributed by atoms with Gasteiger partial charge in [0.15, 0.2) is 0 Å². The molecule has 10 rings (SSSR count). The van der Waals surface area contributed by atoms with E-state index in [-0.39, 0.29) is 18.1 Å². The molecular formula is C62H73Cl2SiZr. The number of benzene rings is 6. The summed E-state index contributed by atoms with van der Waals surface area (Å²) in [6, 6.07) is 46.3. The molecule has 0 N–H and O–H groups in total. The Hall–Kier alpha value is -3.00. The van der Waals surface area contributed by atoms with Gasteiger partial charge in [-0.25, -0.2) is 0 Å². The second kappa shape index (κ2) is 19.1. The van der Waals surface area contributed by atoms with Crippen LogP contribution in [0.2, 0.25) is 13.1 Å². The average molecular weight is 1010 g/mol. The van der Waals surface area contributed by atoms with Gasteiger partial charge in [-0.3, -0.25) is 0 Å². The summed E-state index contributed by atoms with van der Waals surface area (Å²) in [5, 5.41) is 5.16. The van der Waals surface area contributed by atoms with Crippen LogP contribution < -0.4 is 0 Å². The molecule has 6 aromatic carbocycles. The number of hydrogen-bond donors (Lipinski definition) is 0. The maximum atomic E-state index is 9.44. The maximum absolute atomic E-state index is 9.44.